The third-order valence-electron chi connectivity index (χ3n) is 2.21. The average Bonchev–Trinajstić information content (AvgIpc) is 2.18. The van der Waals surface area contributed by atoms with Crippen molar-refractivity contribution in [1.82, 2.24) is 0 Å². The maximum Gasteiger partial charge on any atom is 0.265 e. The zero-order valence-electron chi connectivity index (χ0n) is 9.35. The molecule has 0 aliphatic carbocycles. The van der Waals surface area contributed by atoms with Gasteiger partial charge in [0.05, 0.1) is 17.6 Å². The lowest BCUT2D eigenvalue weighted by atomic mass is 10.2. The SMILES string of the molecule is CC1Oc2ccc(NS(C)(=O)=O)cc2NC1=O. The molecule has 1 aromatic rings. The van der Waals surface area contributed by atoms with Crippen LogP contribution in [0.4, 0.5) is 11.4 Å². The monoisotopic (exact) mass is 256 g/mol. The van der Waals surface area contributed by atoms with E-state index in [-0.39, 0.29) is 5.91 Å². The molecule has 1 atom stereocenters. The Morgan fingerprint density at radius 3 is 2.76 bits per heavy atom. The van der Waals surface area contributed by atoms with Crippen molar-refractivity contribution in [2.24, 2.45) is 0 Å². The Balaban J connectivity index is 2.32. The summed E-state index contributed by atoms with van der Waals surface area (Å²) in [6.45, 7) is 1.64. The van der Waals surface area contributed by atoms with Crippen LogP contribution in [-0.4, -0.2) is 26.7 Å². The van der Waals surface area contributed by atoms with Gasteiger partial charge in [0.25, 0.3) is 5.91 Å². The van der Waals surface area contributed by atoms with E-state index in [1.165, 1.54) is 6.07 Å². The standard InChI is InChI=1S/C10H12N2O4S/c1-6-10(13)11-8-5-7(12-17(2,14)15)3-4-9(8)16-6/h3-6,12H,1-2H3,(H,11,13). The van der Waals surface area contributed by atoms with Gasteiger partial charge >= 0.3 is 0 Å². The van der Waals surface area contributed by atoms with Crippen LogP contribution in [0.25, 0.3) is 0 Å². The Bertz CT molecular complexity index is 568. The van der Waals surface area contributed by atoms with E-state index in [4.69, 9.17) is 4.74 Å². The predicted molar refractivity (Wildman–Crippen MR) is 63.6 cm³/mol. The van der Waals surface area contributed by atoms with E-state index in [1.54, 1.807) is 19.1 Å². The van der Waals surface area contributed by atoms with Gasteiger partial charge in [0.2, 0.25) is 10.0 Å². The molecule has 1 aromatic carbocycles. The fourth-order valence-corrected chi connectivity index (χ4v) is 2.04. The maximum absolute atomic E-state index is 11.4. The number of rotatable bonds is 2. The number of hydrogen-bond acceptors (Lipinski definition) is 4. The molecule has 0 spiro atoms. The molecule has 0 fully saturated rings. The lowest BCUT2D eigenvalue weighted by Gasteiger charge is -2.23. The molecule has 1 aliphatic heterocycles. The smallest absolute Gasteiger partial charge is 0.265 e. The highest BCUT2D eigenvalue weighted by Gasteiger charge is 2.23. The van der Waals surface area contributed by atoms with Crippen LogP contribution < -0.4 is 14.8 Å². The van der Waals surface area contributed by atoms with Crippen molar-refractivity contribution in [3.8, 4) is 5.75 Å². The average molecular weight is 256 g/mol. The number of fused-ring (bicyclic) bond motifs is 1. The van der Waals surface area contributed by atoms with Crippen LogP contribution in [0, 0.1) is 0 Å². The van der Waals surface area contributed by atoms with E-state index in [0.717, 1.165) is 6.26 Å². The van der Waals surface area contributed by atoms with Crippen molar-refractivity contribution < 1.29 is 17.9 Å². The summed E-state index contributed by atoms with van der Waals surface area (Å²) >= 11 is 0. The number of carbonyl (C=O) groups is 1. The van der Waals surface area contributed by atoms with E-state index in [1.807, 2.05) is 0 Å². The van der Waals surface area contributed by atoms with Crippen LogP contribution in [0.2, 0.25) is 0 Å². The summed E-state index contributed by atoms with van der Waals surface area (Å²) in [6.07, 6.45) is 0.514. The lowest BCUT2D eigenvalue weighted by molar-refractivity contribution is -0.122. The van der Waals surface area contributed by atoms with Crippen LogP contribution in [0.5, 0.6) is 5.75 Å². The van der Waals surface area contributed by atoms with Crippen molar-refractivity contribution >= 4 is 27.3 Å². The summed E-state index contributed by atoms with van der Waals surface area (Å²) in [5.74, 6) is 0.269. The maximum atomic E-state index is 11.4. The van der Waals surface area contributed by atoms with Crippen molar-refractivity contribution in [3.63, 3.8) is 0 Å². The van der Waals surface area contributed by atoms with E-state index in [0.29, 0.717) is 17.1 Å². The zero-order chi connectivity index (χ0) is 12.6. The summed E-state index contributed by atoms with van der Waals surface area (Å²) in [4.78, 5) is 11.4. The van der Waals surface area contributed by atoms with E-state index >= 15 is 0 Å². The molecular weight excluding hydrogens is 244 g/mol. The predicted octanol–water partition coefficient (Wildman–Crippen LogP) is 0.777. The molecule has 0 saturated heterocycles. The van der Waals surface area contributed by atoms with E-state index in [2.05, 4.69) is 10.0 Å². The Labute approximate surface area is 99.0 Å². The largest absolute Gasteiger partial charge is 0.479 e. The number of sulfonamides is 1. The van der Waals surface area contributed by atoms with Gasteiger partial charge in [-0.3, -0.25) is 9.52 Å². The summed E-state index contributed by atoms with van der Waals surface area (Å²) in [7, 11) is -3.33. The van der Waals surface area contributed by atoms with Crippen molar-refractivity contribution in [2.45, 2.75) is 13.0 Å². The summed E-state index contributed by atoms with van der Waals surface area (Å²) < 4.78 is 29.8. The van der Waals surface area contributed by atoms with Crippen LogP contribution in [0.3, 0.4) is 0 Å². The topological polar surface area (TPSA) is 84.5 Å². The van der Waals surface area contributed by atoms with Crippen molar-refractivity contribution in [1.29, 1.82) is 0 Å². The third kappa shape index (κ3) is 2.68. The number of ether oxygens (including phenoxy) is 1. The first-order chi connectivity index (χ1) is 7.85. The molecule has 1 aliphatic rings. The van der Waals surface area contributed by atoms with Gasteiger partial charge in [-0.15, -0.1) is 0 Å². The lowest BCUT2D eigenvalue weighted by Crippen LogP contribution is -2.34. The normalized spacial score (nSPS) is 18.9. The van der Waals surface area contributed by atoms with E-state index < -0.39 is 16.1 Å². The minimum absolute atomic E-state index is 0.256. The van der Waals surface area contributed by atoms with Crippen molar-refractivity contribution in [2.75, 3.05) is 16.3 Å². The summed E-state index contributed by atoms with van der Waals surface area (Å²) in [5.41, 5.74) is 0.839. The van der Waals surface area contributed by atoms with Crippen LogP contribution >= 0.6 is 0 Å². The Hall–Kier alpha value is -1.76. The van der Waals surface area contributed by atoms with Gasteiger partial charge in [-0.25, -0.2) is 8.42 Å². The minimum atomic E-state index is -3.33. The molecule has 6 nitrogen and oxygen atoms in total. The molecule has 1 unspecified atom stereocenters. The molecule has 17 heavy (non-hydrogen) atoms. The number of hydrogen-bond donors (Lipinski definition) is 2. The van der Waals surface area contributed by atoms with Gasteiger partial charge in [-0.05, 0) is 25.1 Å². The van der Waals surface area contributed by atoms with Crippen LogP contribution in [0.1, 0.15) is 6.92 Å². The zero-order valence-corrected chi connectivity index (χ0v) is 10.2. The number of benzene rings is 1. The number of carbonyl (C=O) groups excluding carboxylic acids is 1. The Kier molecular flexibility index (Phi) is 2.70. The molecule has 0 saturated carbocycles. The first kappa shape index (κ1) is 11.7. The molecule has 1 heterocycles. The molecule has 0 aromatic heterocycles. The first-order valence-electron chi connectivity index (χ1n) is 4.94. The van der Waals surface area contributed by atoms with Gasteiger partial charge < -0.3 is 10.1 Å². The molecule has 92 valence electrons. The molecule has 2 rings (SSSR count). The molecule has 0 radical (unpaired) electrons. The summed E-state index contributed by atoms with van der Waals surface area (Å²) in [5, 5.41) is 2.64. The van der Waals surface area contributed by atoms with Gasteiger partial charge in [-0.1, -0.05) is 0 Å². The van der Waals surface area contributed by atoms with Crippen molar-refractivity contribution in [3.05, 3.63) is 18.2 Å². The highest BCUT2D eigenvalue weighted by molar-refractivity contribution is 7.92. The van der Waals surface area contributed by atoms with E-state index in [9.17, 15) is 13.2 Å². The van der Waals surface area contributed by atoms with Crippen LogP contribution in [-0.2, 0) is 14.8 Å². The third-order valence-corrected chi connectivity index (χ3v) is 2.82. The summed E-state index contributed by atoms with van der Waals surface area (Å²) in [6, 6.07) is 4.70. The molecule has 2 N–H and O–H groups in total. The molecular formula is C10H12N2O4S. The van der Waals surface area contributed by atoms with Gasteiger partial charge in [-0.2, -0.15) is 0 Å². The highest BCUT2D eigenvalue weighted by Crippen LogP contribution is 2.32. The molecule has 0 bridgehead atoms. The number of anilines is 2. The quantitative estimate of drug-likeness (QED) is 0.818. The minimum Gasteiger partial charge on any atom is -0.479 e. The second-order valence-electron chi connectivity index (χ2n) is 3.83. The second kappa shape index (κ2) is 3.92. The molecule has 1 amide bonds. The Morgan fingerprint density at radius 1 is 1.41 bits per heavy atom. The molecule has 7 heteroatoms. The second-order valence-corrected chi connectivity index (χ2v) is 5.58. The van der Waals surface area contributed by atoms with Gasteiger partial charge in [0, 0.05) is 0 Å². The van der Waals surface area contributed by atoms with Crippen LogP contribution in [0.15, 0.2) is 18.2 Å². The number of nitrogens with one attached hydrogen (secondary N) is 2. The van der Waals surface area contributed by atoms with Gasteiger partial charge in [0.15, 0.2) is 6.10 Å². The number of amides is 1. The first-order valence-corrected chi connectivity index (χ1v) is 6.84. The fourth-order valence-electron chi connectivity index (χ4n) is 1.49. The van der Waals surface area contributed by atoms with Gasteiger partial charge in [0.1, 0.15) is 5.75 Å². The fraction of sp³-hybridized carbons (Fsp3) is 0.300. The Morgan fingerprint density at radius 2 is 2.12 bits per heavy atom. The highest BCUT2D eigenvalue weighted by atomic mass is 32.2.